The van der Waals surface area contributed by atoms with E-state index in [9.17, 15) is 14.7 Å². The van der Waals surface area contributed by atoms with Gasteiger partial charge in [0.05, 0.1) is 11.9 Å². The molecule has 0 atom stereocenters. The maximum absolute atomic E-state index is 13.1. The second-order valence-electron chi connectivity index (χ2n) is 6.00. The van der Waals surface area contributed by atoms with Crippen LogP contribution in [0.5, 0.6) is 11.5 Å². The molecular formula is C19H14BrNO5. The van der Waals surface area contributed by atoms with Crippen molar-refractivity contribution in [1.29, 1.82) is 0 Å². The van der Waals surface area contributed by atoms with Crippen molar-refractivity contribution in [3.8, 4) is 11.5 Å². The Bertz CT molecular complexity index is 1050. The minimum Gasteiger partial charge on any atom is -0.481 e. The molecule has 0 amide bonds. The highest BCUT2D eigenvalue weighted by molar-refractivity contribution is 9.10. The van der Waals surface area contributed by atoms with Gasteiger partial charge in [0.25, 0.3) is 5.91 Å². The standard InChI is InChI=1S/C19H14BrNO5/c1-10-13(7-18(22)23)14-6-16-17(26-9-25-16)8-15(14)21(10)19(24)11-2-4-12(20)5-3-11/h2-6,8H,7,9H2,1H3,(H,22,23). The molecule has 0 radical (unpaired) electrons. The van der Waals surface area contributed by atoms with Crippen molar-refractivity contribution in [2.75, 3.05) is 6.79 Å². The smallest absolute Gasteiger partial charge is 0.307 e. The van der Waals surface area contributed by atoms with Crippen molar-refractivity contribution in [2.24, 2.45) is 0 Å². The number of carboxylic acids is 1. The van der Waals surface area contributed by atoms with E-state index >= 15 is 0 Å². The van der Waals surface area contributed by atoms with E-state index in [0.717, 1.165) is 4.47 Å². The summed E-state index contributed by atoms with van der Waals surface area (Å²) in [5.41, 5.74) is 2.30. The average molecular weight is 416 g/mol. The van der Waals surface area contributed by atoms with E-state index in [4.69, 9.17) is 9.47 Å². The highest BCUT2D eigenvalue weighted by atomic mass is 79.9. The molecule has 0 fully saturated rings. The molecule has 2 heterocycles. The van der Waals surface area contributed by atoms with Gasteiger partial charge in [0.15, 0.2) is 11.5 Å². The van der Waals surface area contributed by atoms with Crippen LogP contribution < -0.4 is 9.47 Å². The molecule has 0 saturated heterocycles. The van der Waals surface area contributed by atoms with Crippen LogP contribution in [0.4, 0.5) is 0 Å². The van der Waals surface area contributed by atoms with Crippen molar-refractivity contribution in [3.63, 3.8) is 0 Å². The van der Waals surface area contributed by atoms with Crippen molar-refractivity contribution < 1.29 is 24.2 Å². The van der Waals surface area contributed by atoms with Crippen molar-refractivity contribution in [2.45, 2.75) is 13.3 Å². The third-order valence-electron chi connectivity index (χ3n) is 4.45. The summed E-state index contributed by atoms with van der Waals surface area (Å²) in [5.74, 6) is -0.0875. The summed E-state index contributed by atoms with van der Waals surface area (Å²) in [6.45, 7) is 1.86. The zero-order valence-corrected chi connectivity index (χ0v) is 15.4. The number of hydrogen-bond acceptors (Lipinski definition) is 4. The summed E-state index contributed by atoms with van der Waals surface area (Å²) in [6.07, 6.45) is -0.178. The van der Waals surface area contributed by atoms with E-state index in [1.165, 1.54) is 0 Å². The molecule has 7 heteroatoms. The Hall–Kier alpha value is -2.80. The molecule has 0 saturated carbocycles. The van der Waals surface area contributed by atoms with Crippen molar-refractivity contribution in [1.82, 2.24) is 4.57 Å². The zero-order chi connectivity index (χ0) is 18.4. The van der Waals surface area contributed by atoms with Gasteiger partial charge in [-0.05, 0) is 42.8 Å². The third-order valence-corrected chi connectivity index (χ3v) is 4.98. The Morgan fingerprint density at radius 2 is 1.81 bits per heavy atom. The number of carbonyl (C=O) groups excluding carboxylic acids is 1. The maximum atomic E-state index is 13.1. The lowest BCUT2D eigenvalue weighted by molar-refractivity contribution is -0.136. The first kappa shape index (κ1) is 16.7. The highest BCUT2D eigenvalue weighted by Crippen LogP contribution is 2.39. The second-order valence-corrected chi connectivity index (χ2v) is 6.92. The van der Waals surface area contributed by atoms with Gasteiger partial charge in [-0.2, -0.15) is 0 Å². The quantitative estimate of drug-likeness (QED) is 0.704. The normalized spacial score (nSPS) is 12.5. The van der Waals surface area contributed by atoms with E-state index in [1.807, 2.05) is 0 Å². The van der Waals surface area contributed by atoms with Gasteiger partial charge in [0, 0.05) is 27.2 Å². The molecule has 6 nitrogen and oxygen atoms in total. The number of rotatable bonds is 3. The number of fused-ring (bicyclic) bond motifs is 2. The van der Waals surface area contributed by atoms with Crippen LogP contribution in [0.25, 0.3) is 10.9 Å². The lowest BCUT2D eigenvalue weighted by Crippen LogP contribution is -2.14. The van der Waals surface area contributed by atoms with Gasteiger partial charge < -0.3 is 14.6 Å². The van der Waals surface area contributed by atoms with Gasteiger partial charge in [-0.3, -0.25) is 14.2 Å². The number of benzene rings is 2. The first-order valence-electron chi connectivity index (χ1n) is 7.91. The third kappa shape index (κ3) is 2.64. The molecule has 1 aliphatic heterocycles. The van der Waals surface area contributed by atoms with E-state index in [1.54, 1.807) is 47.9 Å². The molecule has 132 valence electrons. The Balaban J connectivity index is 1.95. The molecule has 26 heavy (non-hydrogen) atoms. The molecule has 1 N–H and O–H groups in total. The van der Waals surface area contributed by atoms with Crippen LogP contribution in [0.2, 0.25) is 0 Å². The zero-order valence-electron chi connectivity index (χ0n) is 13.8. The largest absolute Gasteiger partial charge is 0.481 e. The first-order valence-corrected chi connectivity index (χ1v) is 8.70. The number of aliphatic carboxylic acids is 1. The summed E-state index contributed by atoms with van der Waals surface area (Å²) in [7, 11) is 0. The van der Waals surface area contributed by atoms with Crippen LogP contribution in [-0.4, -0.2) is 28.3 Å². The molecular weight excluding hydrogens is 402 g/mol. The van der Waals surface area contributed by atoms with Crippen LogP contribution >= 0.6 is 15.9 Å². The molecule has 4 rings (SSSR count). The summed E-state index contributed by atoms with van der Waals surface area (Å²) in [5, 5.41) is 9.96. The number of carboxylic acid groups (broad SMARTS) is 1. The van der Waals surface area contributed by atoms with Crippen LogP contribution in [0.1, 0.15) is 21.6 Å². The van der Waals surface area contributed by atoms with Gasteiger partial charge in [0.2, 0.25) is 6.79 Å². The molecule has 3 aromatic rings. The first-order chi connectivity index (χ1) is 12.5. The molecule has 1 aliphatic rings. The SMILES string of the molecule is Cc1c(CC(=O)O)c2cc3c(cc2n1C(=O)c1ccc(Br)cc1)OCO3. The average Bonchev–Trinajstić information content (AvgIpc) is 3.16. The maximum Gasteiger partial charge on any atom is 0.307 e. The van der Waals surface area contributed by atoms with E-state index in [-0.39, 0.29) is 19.1 Å². The topological polar surface area (TPSA) is 77.8 Å². The van der Waals surface area contributed by atoms with E-state index < -0.39 is 5.97 Å². The Labute approximate surface area is 157 Å². The van der Waals surface area contributed by atoms with Gasteiger partial charge in [-0.15, -0.1) is 0 Å². The molecule has 1 aromatic heterocycles. The summed E-state index contributed by atoms with van der Waals surface area (Å²) >= 11 is 3.36. The van der Waals surface area contributed by atoms with Crippen LogP contribution in [0, 0.1) is 6.92 Å². The Morgan fingerprint density at radius 1 is 1.15 bits per heavy atom. The van der Waals surface area contributed by atoms with Crippen LogP contribution in [0.15, 0.2) is 40.9 Å². The van der Waals surface area contributed by atoms with Gasteiger partial charge >= 0.3 is 5.97 Å². The number of ether oxygens (including phenoxy) is 2. The Kier molecular flexibility index (Phi) is 3.96. The summed E-state index contributed by atoms with van der Waals surface area (Å²) in [6, 6.07) is 10.5. The van der Waals surface area contributed by atoms with Crippen molar-refractivity contribution >= 4 is 38.7 Å². The van der Waals surface area contributed by atoms with Gasteiger partial charge in [-0.25, -0.2) is 0 Å². The van der Waals surface area contributed by atoms with Crippen molar-refractivity contribution in [3.05, 3.63) is 57.7 Å². The second kappa shape index (κ2) is 6.17. The fraction of sp³-hybridized carbons (Fsp3) is 0.158. The lowest BCUT2D eigenvalue weighted by atomic mass is 10.1. The minimum absolute atomic E-state index is 0.107. The summed E-state index contributed by atoms with van der Waals surface area (Å²) < 4.78 is 13.2. The van der Waals surface area contributed by atoms with Crippen LogP contribution in [0.3, 0.4) is 0 Å². The monoisotopic (exact) mass is 415 g/mol. The van der Waals surface area contributed by atoms with Gasteiger partial charge in [0.1, 0.15) is 0 Å². The fourth-order valence-electron chi connectivity index (χ4n) is 3.23. The van der Waals surface area contributed by atoms with E-state index in [0.29, 0.717) is 39.2 Å². The number of carbonyl (C=O) groups is 2. The number of halogens is 1. The van der Waals surface area contributed by atoms with E-state index in [2.05, 4.69) is 15.9 Å². The molecule has 0 unspecified atom stereocenters. The number of hydrogen-bond donors (Lipinski definition) is 1. The molecule has 0 spiro atoms. The number of nitrogens with zero attached hydrogens (tertiary/aromatic N) is 1. The lowest BCUT2D eigenvalue weighted by Gasteiger charge is -2.08. The predicted molar refractivity (Wildman–Crippen MR) is 98.0 cm³/mol. The highest BCUT2D eigenvalue weighted by Gasteiger charge is 2.25. The predicted octanol–water partition coefficient (Wildman–Crippen LogP) is 3.76. The van der Waals surface area contributed by atoms with Gasteiger partial charge in [-0.1, -0.05) is 15.9 Å². The minimum atomic E-state index is -0.957. The summed E-state index contributed by atoms with van der Waals surface area (Å²) in [4.78, 5) is 24.4. The molecule has 0 aliphatic carbocycles. The molecule has 0 bridgehead atoms. The Morgan fingerprint density at radius 3 is 2.46 bits per heavy atom. The van der Waals surface area contributed by atoms with Crippen LogP contribution in [-0.2, 0) is 11.2 Å². The molecule has 2 aromatic carbocycles. The fourth-order valence-corrected chi connectivity index (χ4v) is 3.49. The number of aromatic nitrogens is 1.